The zero-order valence-electron chi connectivity index (χ0n) is 9.74. The SMILES string of the molecule is O=C1NC(=O)c2c(Nc3ccc(F)cc3)cccc21. The molecule has 0 bridgehead atoms. The van der Waals surface area contributed by atoms with E-state index in [0.29, 0.717) is 22.5 Å². The summed E-state index contributed by atoms with van der Waals surface area (Å²) in [6.45, 7) is 0. The molecule has 0 spiro atoms. The van der Waals surface area contributed by atoms with Gasteiger partial charge >= 0.3 is 0 Å². The van der Waals surface area contributed by atoms with Crippen molar-refractivity contribution in [3.63, 3.8) is 0 Å². The summed E-state index contributed by atoms with van der Waals surface area (Å²) in [7, 11) is 0. The van der Waals surface area contributed by atoms with Crippen molar-refractivity contribution in [2.45, 2.75) is 0 Å². The molecule has 2 aromatic carbocycles. The topological polar surface area (TPSA) is 58.2 Å². The molecule has 5 heteroatoms. The number of halogens is 1. The van der Waals surface area contributed by atoms with E-state index in [9.17, 15) is 14.0 Å². The van der Waals surface area contributed by atoms with E-state index in [4.69, 9.17) is 0 Å². The Kier molecular flexibility index (Phi) is 2.52. The Morgan fingerprint density at radius 2 is 1.68 bits per heavy atom. The number of nitrogens with one attached hydrogen (secondary N) is 2. The highest BCUT2D eigenvalue weighted by atomic mass is 19.1. The number of hydrogen-bond acceptors (Lipinski definition) is 3. The van der Waals surface area contributed by atoms with E-state index in [0.717, 1.165) is 0 Å². The minimum atomic E-state index is -0.426. The lowest BCUT2D eigenvalue weighted by molar-refractivity contribution is 0.0880. The second-order valence-corrected chi connectivity index (χ2v) is 4.14. The molecule has 4 nitrogen and oxygen atoms in total. The van der Waals surface area contributed by atoms with Gasteiger partial charge in [-0.25, -0.2) is 4.39 Å². The van der Waals surface area contributed by atoms with Crippen molar-refractivity contribution >= 4 is 23.2 Å². The lowest BCUT2D eigenvalue weighted by Crippen LogP contribution is -2.20. The largest absolute Gasteiger partial charge is 0.355 e. The molecule has 0 radical (unpaired) electrons. The molecule has 94 valence electrons. The first kappa shape index (κ1) is 11.4. The van der Waals surface area contributed by atoms with Crippen molar-refractivity contribution in [3.05, 3.63) is 59.4 Å². The van der Waals surface area contributed by atoms with E-state index < -0.39 is 11.8 Å². The summed E-state index contributed by atoms with van der Waals surface area (Å²) in [6, 6.07) is 10.7. The zero-order chi connectivity index (χ0) is 13.4. The van der Waals surface area contributed by atoms with E-state index in [1.807, 2.05) is 0 Å². The van der Waals surface area contributed by atoms with Crippen molar-refractivity contribution in [2.75, 3.05) is 5.32 Å². The van der Waals surface area contributed by atoms with Crippen molar-refractivity contribution in [2.24, 2.45) is 0 Å². The van der Waals surface area contributed by atoms with Gasteiger partial charge in [0.1, 0.15) is 5.82 Å². The molecular weight excluding hydrogens is 247 g/mol. The van der Waals surface area contributed by atoms with E-state index in [1.54, 1.807) is 30.3 Å². The predicted molar refractivity (Wildman–Crippen MR) is 67.9 cm³/mol. The highest BCUT2D eigenvalue weighted by molar-refractivity contribution is 6.24. The number of carbonyl (C=O) groups is 2. The summed E-state index contributed by atoms with van der Waals surface area (Å²) in [6.07, 6.45) is 0. The van der Waals surface area contributed by atoms with Crippen molar-refractivity contribution in [1.29, 1.82) is 0 Å². The van der Waals surface area contributed by atoms with Crippen LogP contribution in [-0.2, 0) is 0 Å². The fourth-order valence-electron chi connectivity index (χ4n) is 2.01. The molecule has 0 aliphatic carbocycles. The van der Waals surface area contributed by atoms with Crippen LogP contribution in [0.4, 0.5) is 15.8 Å². The minimum absolute atomic E-state index is 0.317. The maximum absolute atomic E-state index is 12.8. The molecule has 3 rings (SSSR count). The van der Waals surface area contributed by atoms with E-state index in [2.05, 4.69) is 10.6 Å². The van der Waals surface area contributed by atoms with Crippen LogP contribution in [0.25, 0.3) is 0 Å². The predicted octanol–water partition coefficient (Wildman–Crippen LogP) is 2.45. The summed E-state index contributed by atoms with van der Waals surface area (Å²) in [5.74, 6) is -1.16. The van der Waals surface area contributed by atoms with Crippen LogP contribution in [0.2, 0.25) is 0 Å². The van der Waals surface area contributed by atoms with Crippen LogP contribution in [0.5, 0.6) is 0 Å². The molecule has 2 amide bonds. The Balaban J connectivity index is 2.01. The molecule has 0 unspecified atom stereocenters. The first-order chi connectivity index (χ1) is 9.15. The van der Waals surface area contributed by atoms with Gasteiger partial charge in [0.25, 0.3) is 11.8 Å². The van der Waals surface area contributed by atoms with Crippen LogP contribution in [-0.4, -0.2) is 11.8 Å². The molecule has 1 aliphatic rings. The summed E-state index contributed by atoms with van der Waals surface area (Å²) in [4.78, 5) is 23.2. The number of fused-ring (bicyclic) bond motifs is 1. The lowest BCUT2D eigenvalue weighted by Gasteiger charge is -2.09. The van der Waals surface area contributed by atoms with Gasteiger partial charge in [0.2, 0.25) is 0 Å². The smallest absolute Gasteiger partial charge is 0.261 e. The highest BCUT2D eigenvalue weighted by Crippen LogP contribution is 2.27. The molecule has 0 atom stereocenters. The molecule has 0 saturated carbocycles. The first-order valence-corrected chi connectivity index (χ1v) is 5.66. The second-order valence-electron chi connectivity index (χ2n) is 4.14. The van der Waals surface area contributed by atoms with Crippen LogP contribution in [0, 0.1) is 5.82 Å². The zero-order valence-corrected chi connectivity index (χ0v) is 9.74. The minimum Gasteiger partial charge on any atom is -0.355 e. The number of benzene rings is 2. The number of amides is 2. The number of anilines is 2. The van der Waals surface area contributed by atoms with Crippen LogP contribution in [0.1, 0.15) is 20.7 Å². The third-order valence-corrected chi connectivity index (χ3v) is 2.89. The molecule has 2 N–H and O–H groups in total. The van der Waals surface area contributed by atoms with Gasteiger partial charge in [0.15, 0.2) is 0 Å². The van der Waals surface area contributed by atoms with Gasteiger partial charge < -0.3 is 5.32 Å². The highest BCUT2D eigenvalue weighted by Gasteiger charge is 2.29. The van der Waals surface area contributed by atoms with Crippen LogP contribution < -0.4 is 10.6 Å². The molecule has 1 heterocycles. The van der Waals surface area contributed by atoms with Gasteiger partial charge in [-0.1, -0.05) is 6.07 Å². The van der Waals surface area contributed by atoms with Gasteiger partial charge in [-0.15, -0.1) is 0 Å². The summed E-state index contributed by atoms with van der Waals surface area (Å²) < 4.78 is 12.8. The van der Waals surface area contributed by atoms with E-state index in [-0.39, 0.29) is 5.82 Å². The number of rotatable bonds is 2. The molecule has 19 heavy (non-hydrogen) atoms. The molecule has 2 aromatic rings. The van der Waals surface area contributed by atoms with E-state index in [1.165, 1.54) is 12.1 Å². The third kappa shape index (κ3) is 1.95. The van der Waals surface area contributed by atoms with Gasteiger partial charge in [-0.3, -0.25) is 14.9 Å². The van der Waals surface area contributed by atoms with Gasteiger partial charge in [0, 0.05) is 5.69 Å². The lowest BCUT2D eigenvalue weighted by atomic mass is 10.1. The molecule has 0 fully saturated rings. The monoisotopic (exact) mass is 256 g/mol. The quantitative estimate of drug-likeness (QED) is 0.811. The summed E-state index contributed by atoms with van der Waals surface area (Å²) >= 11 is 0. The maximum atomic E-state index is 12.8. The fraction of sp³-hybridized carbons (Fsp3) is 0. The Hall–Kier alpha value is -2.69. The Bertz CT molecular complexity index is 680. The first-order valence-electron chi connectivity index (χ1n) is 5.66. The number of imide groups is 1. The molecule has 1 aliphatic heterocycles. The van der Waals surface area contributed by atoms with Crippen LogP contribution in [0.3, 0.4) is 0 Å². The molecular formula is C14H9FN2O2. The summed E-state index contributed by atoms with van der Waals surface area (Å²) in [5.41, 5.74) is 1.82. The van der Waals surface area contributed by atoms with Gasteiger partial charge in [-0.2, -0.15) is 0 Å². The Labute approximate surface area is 108 Å². The normalized spacial score (nSPS) is 13.1. The Morgan fingerprint density at radius 1 is 0.947 bits per heavy atom. The van der Waals surface area contributed by atoms with Crippen molar-refractivity contribution < 1.29 is 14.0 Å². The van der Waals surface area contributed by atoms with Gasteiger partial charge in [0.05, 0.1) is 16.8 Å². The Morgan fingerprint density at radius 3 is 2.42 bits per heavy atom. The summed E-state index contributed by atoms with van der Waals surface area (Å²) in [5, 5.41) is 5.24. The third-order valence-electron chi connectivity index (χ3n) is 2.89. The average molecular weight is 256 g/mol. The number of carbonyl (C=O) groups excluding carboxylic acids is 2. The van der Waals surface area contributed by atoms with Gasteiger partial charge in [-0.05, 0) is 36.4 Å². The van der Waals surface area contributed by atoms with Crippen molar-refractivity contribution in [1.82, 2.24) is 5.32 Å². The standard InChI is InChI=1S/C14H9FN2O2/c15-8-4-6-9(7-5-8)16-11-3-1-2-10-12(11)14(19)17-13(10)18/h1-7,16H,(H,17,18,19). The fourth-order valence-corrected chi connectivity index (χ4v) is 2.01. The van der Waals surface area contributed by atoms with Crippen LogP contribution in [0.15, 0.2) is 42.5 Å². The van der Waals surface area contributed by atoms with Crippen LogP contribution >= 0.6 is 0 Å². The van der Waals surface area contributed by atoms with E-state index >= 15 is 0 Å². The second kappa shape index (κ2) is 4.20. The molecule has 0 saturated heterocycles. The number of hydrogen-bond donors (Lipinski definition) is 2. The molecule has 0 aromatic heterocycles. The van der Waals surface area contributed by atoms with Crippen molar-refractivity contribution in [3.8, 4) is 0 Å². The average Bonchev–Trinajstić information content (AvgIpc) is 2.69. The maximum Gasteiger partial charge on any atom is 0.261 e.